The van der Waals surface area contributed by atoms with Crippen LogP contribution in [-0.2, 0) is 4.79 Å². The number of anilines is 2. The second-order valence-corrected chi connectivity index (χ2v) is 7.90. The summed E-state index contributed by atoms with van der Waals surface area (Å²) < 4.78 is 0. The highest BCUT2D eigenvalue weighted by atomic mass is 35.5. The van der Waals surface area contributed by atoms with Gasteiger partial charge in [0.2, 0.25) is 5.91 Å². The fraction of sp³-hybridized carbons (Fsp3) is 0.533. The number of hydrogen-bond donors (Lipinski definition) is 2. The maximum absolute atomic E-state index is 12.4. The van der Waals surface area contributed by atoms with Gasteiger partial charge in [-0.3, -0.25) is 9.69 Å². The van der Waals surface area contributed by atoms with Crippen molar-refractivity contribution in [3.63, 3.8) is 0 Å². The summed E-state index contributed by atoms with van der Waals surface area (Å²) in [5.74, 6) is -0.0111. The van der Waals surface area contributed by atoms with Crippen LogP contribution in [0.25, 0.3) is 0 Å². The second kappa shape index (κ2) is 6.90. The van der Waals surface area contributed by atoms with Crippen LogP contribution >= 0.6 is 23.4 Å². The lowest BCUT2D eigenvalue weighted by Crippen LogP contribution is -2.49. The van der Waals surface area contributed by atoms with Gasteiger partial charge in [0.1, 0.15) is 0 Å². The van der Waals surface area contributed by atoms with Crippen molar-refractivity contribution in [2.24, 2.45) is 0 Å². The van der Waals surface area contributed by atoms with Crippen molar-refractivity contribution in [3.05, 3.63) is 23.2 Å². The number of carbonyl (C=O) groups is 1. The predicted molar refractivity (Wildman–Crippen MR) is 92.0 cm³/mol. The van der Waals surface area contributed by atoms with Crippen molar-refractivity contribution < 1.29 is 4.79 Å². The van der Waals surface area contributed by atoms with Gasteiger partial charge in [0.05, 0.1) is 16.8 Å². The molecule has 4 nitrogen and oxygen atoms in total. The van der Waals surface area contributed by atoms with E-state index in [0.29, 0.717) is 26.9 Å². The fourth-order valence-electron chi connectivity index (χ4n) is 2.57. The lowest BCUT2D eigenvalue weighted by Gasteiger charge is -2.37. The average Bonchev–Trinajstić information content (AvgIpc) is 2.41. The highest BCUT2D eigenvalue weighted by Gasteiger charge is 2.29. The van der Waals surface area contributed by atoms with Crippen LogP contribution in [0.15, 0.2) is 18.2 Å². The van der Waals surface area contributed by atoms with Gasteiger partial charge in [-0.25, -0.2) is 0 Å². The number of nitrogens with two attached hydrogens (primary N) is 1. The van der Waals surface area contributed by atoms with Crippen molar-refractivity contribution in [3.8, 4) is 0 Å². The minimum atomic E-state index is -0.160. The molecule has 0 aliphatic carbocycles. The molecular weight excluding hydrogens is 306 g/mol. The van der Waals surface area contributed by atoms with Crippen LogP contribution in [0.5, 0.6) is 0 Å². The summed E-state index contributed by atoms with van der Waals surface area (Å²) in [6.45, 7) is 8.23. The summed E-state index contributed by atoms with van der Waals surface area (Å²) >= 11 is 7.86. The third-order valence-corrected chi connectivity index (χ3v) is 5.21. The van der Waals surface area contributed by atoms with Crippen LogP contribution in [-0.4, -0.2) is 40.4 Å². The smallest absolute Gasteiger partial charge is 0.241 e. The molecular formula is C15H22ClN3OS. The van der Waals surface area contributed by atoms with Crippen LogP contribution in [0, 0.1) is 0 Å². The number of thioether (sulfide) groups is 1. The molecule has 0 spiro atoms. The molecule has 0 aromatic heterocycles. The number of carbonyl (C=O) groups excluding carboxylic acids is 1. The van der Waals surface area contributed by atoms with Crippen molar-refractivity contribution in [1.82, 2.24) is 4.90 Å². The van der Waals surface area contributed by atoms with E-state index in [0.717, 1.165) is 13.1 Å². The van der Waals surface area contributed by atoms with Crippen LogP contribution in [0.4, 0.5) is 11.4 Å². The van der Waals surface area contributed by atoms with E-state index in [-0.39, 0.29) is 11.9 Å². The van der Waals surface area contributed by atoms with Gasteiger partial charge in [-0.1, -0.05) is 25.4 Å². The Hall–Kier alpha value is -0.910. The van der Waals surface area contributed by atoms with Crippen LogP contribution in [0.1, 0.15) is 20.8 Å². The van der Waals surface area contributed by atoms with Gasteiger partial charge >= 0.3 is 0 Å². The highest BCUT2D eigenvalue weighted by Crippen LogP contribution is 2.26. The molecule has 2 rings (SSSR count). The summed E-state index contributed by atoms with van der Waals surface area (Å²) in [5, 5.41) is 4.51. The molecule has 0 saturated carbocycles. The normalized spacial score (nSPS) is 24.6. The summed E-state index contributed by atoms with van der Waals surface area (Å²) in [6, 6.07) is 4.98. The summed E-state index contributed by atoms with van der Waals surface area (Å²) in [7, 11) is 0. The van der Waals surface area contributed by atoms with Gasteiger partial charge < -0.3 is 11.1 Å². The molecule has 6 heteroatoms. The number of amides is 1. The molecule has 3 N–H and O–H groups in total. The summed E-state index contributed by atoms with van der Waals surface area (Å²) in [4.78, 5) is 14.6. The minimum absolute atomic E-state index is 0.0111. The van der Waals surface area contributed by atoms with Gasteiger partial charge in [-0.2, -0.15) is 11.8 Å². The molecule has 1 heterocycles. The largest absolute Gasteiger partial charge is 0.397 e. The van der Waals surface area contributed by atoms with E-state index in [9.17, 15) is 4.79 Å². The Morgan fingerprint density at radius 2 is 2.05 bits per heavy atom. The van der Waals surface area contributed by atoms with Gasteiger partial charge in [-0.15, -0.1) is 0 Å². The third-order valence-electron chi connectivity index (χ3n) is 3.64. The molecule has 1 aliphatic rings. The monoisotopic (exact) mass is 327 g/mol. The van der Waals surface area contributed by atoms with Crippen molar-refractivity contribution >= 4 is 40.6 Å². The third kappa shape index (κ3) is 4.28. The number of nitrogen functional groups attached to an aromatic ring is 1. The molecule has 1 aromatic rings. The molecule has 1 amide bonds. The summed E-state index contributed by atoms with van der Waals surface area (Å²) in [5.41, 5.74) is 6.91. The molecule has 1 aromatic carbocycles. The Labute approximate surface area is 135 Å². The SMILES string of the molecule is CC1CN(C(C)C(=O)Nc2ccc(Cl)c(N)c2)CC(C)S1. The Bertz CT molecular complexity index is 516. The second-order valence-electron chi connectivity index (χ2n) is 5.61. The number of nitrogens with one attached hydrogen (secondary N) is 1. The first-order chi connectivity index (χ1) is 9.86. The molecule has 0 radical (unpaired) electrons. The van der Waals surface area contributed by atoms with Gasteiger partial charge in [0.25, 0.3) is 0 Å². The Morgan fingerprint density at radius 1 is 1.43 bits per heavy atom. The lowest BCUT2D eigenvalue weighted by molar-refractivity contribution is -0.120. The maximum atomic E-state index is 12.4. The number of rotatable bonds is 3. The van der Waals surface area contributed by atoms with E-state index in [2.05, 4.69) is 24.1 Å². The zero-order valence-corrected chi connectivity index (χ0v) is 14.2. The first kappa shape index (κ1) is 16.5. The van der Waals surface area contributed by atoms with Crippen LogP contribution < -0.4 is 11.1 Å². The van der Waals surface area contributed by atoms with Gasteiger partial charge in [0.15, 0.2) is 0 Å². The van der Waals surface area contributed by atoms with Crippen LogP contribution in [0.2, 0.25) is 5.02 Å². The molecule has 1 aliphatic heterocycles. The molecule has 116 valence electrons. The molecule has 21 heavy (non-hydrogen) atoms. The van der Waals surface area contributed by atoms with Gasteiger partial charge in [0, 0.05) is 29.3 Å². The maximum Gasteiger partial charge on any atom is 0.241 e. The van der Waals surface area contributed by atoms with Gasteiger partial charge in [-0.05, 0) is 25.1 Å². The van der Waals surface area contributed by atoms with Crippen molar-refractivity contribution in [2.45, 2.75) is 37.3 Å². The molecule has 0 bridgehead atoms. The van der Waals surface area contributed by atoms with E-state index in [1.807, 2.05) is 18.7 Å². The lowest BCUT2D eigenvalue weighted by atomic mass is 10.2. The Balaban J connectivity index is 2.00. The molecule has 1 fully saturated rings. The number of nitrogens with zero attached hydrogens (tertiary/aromatic N) is 1. The zero-order valence-electron chi connectivity index (χ0n) is 12.6. The van der Waals surface area contributed by atoms with Crippen molar-refractivity contribution in [1.29, 1.82) is 0 Å². The zero-order chi connectivity index (χ0) is 15.6. The van der Waals surface area contributed by atoms with E-state index in [4.69, 9.17) is 17.3 Å². The number of halogens is 1. The first-order valence-electron chi connectivity index (χ1n) is 7.12. The van der Waals surface area contributed by atoms with E-state index < -0.39 is 0 Å². The summed E-state index contributed by atoms with van der Waals surface area (Å²) in [6.07, 6.45) is 0. The quantitative estimate of drug-likeness (QED) is 0.838. The van der Waals surface area contributed by atoms with Crippen LogP contribution in [0.3, 0.4) is 0 Å². The molecule has 3 atom stereocenters. The minimum Gasteiger partial charge on any atom is -0.397 e. The number of benzene rings is 1. The molecule has 3 unspecified atom stereocenters. The Morgan fingerprint density at radius 3 is 2.62 bits per heavy atom. The first-order valence-corrected chi connectivity index (χ1v) is 8.44. The van der Waals surface area contributed by atoms with E-state index >= 15 is 0 Å². The number of hydrogen-bond acceptors (Lipinski definition) is 4. The average molecular weight is 328 g/mol. The standard InChI is InChI=1S/C15H22ClN3OS/c1-9-7-19(8-10(2)21-9)11(3)15(20)18-12-4-5-13(16)14(17)6-12/h4-6,9-11H,7-8,17H2,1-3H3,(H,18,20). The van der Waals surface area contributed by atoms with Crippen molar-refractivity contribution in [2.75, 3.05) is 24.1 Å². The predicted octanol–water partition coefficient (Wildman–Crippen LogP) is 3.08. The topological polar surface area (TPSA) is 58.4 Å². The van der Waals surface area contributed by atoms with E-state index in [1.165, 1.54) is 0 Å². The molecule has 1 saturated heterocycles. The Kier molecular flexibility index (Phi) is 5.41. The van der Waals surface area contributed by atoms with E-state index in [1.54, 1.807) is 18.2 Å². The highest BCUT2D eigenvalue weighted by molar-refractivity contribution is 8.00. The fourth-order valence-corrected chi connectivity index (χ4v) is 4.03.